The third-order valence-corrected chi connectivity index (χ3v) is 6.32. The Kier molecular flexibility index (Phi) is 2.69. The molecule has 1 aliphatic heterocycles. The first-order chi connectivity index (χ1) is 6.29. The molecule has 0 nitrogen and oxygen atoms in total. The summed E-state index contributed by atoms with van der Waals surface area (Å²) < 4.78 is 0. The van der Waals surface area contributed by atoms with Gasteiger partial charge in [0.05, 0.1) is 0 Å². The smallest absolute Gasteiger partial charge is 0.0195 e. The Bertz CT molecular complexity index is 258. The van der Waals surface area contributed by atoms with Gasteiger partial charge in [0.1, 0.15) is 0 Å². The summed E-state index contributed by atoms with van der Waals surface area (Å²) in [4.78, 5) is 0. The van der Waals surface area contributed by atoms with Gasteiger partial charge in [0.25, 0.3) is 0 Å². The van der Waals surface area contributed by atoms with Crippen molar-refractivity contribution >= 4 is 13.2 Å². The normalized spacial score (nSPS) is 33.5. The van der Waals surface area contributed by atoms with Gasteiger partial charge in [0.2, 0.25) is 0 Å². The fraction of sp³-hybridized carbons (Fsp3) is 0.500. The van der Waals surface area contributed by atoms with Gasteiger partial charge in [-0.1, -0.05) is 52.1 Å². The van der Waals surface area contributed by atoms with E-state index < -0.39 is 0 Å². The second kappa shape index (κ2) is 3.80. The number of hydrogen-bond acceptors (Lipinski definition) is 0. The molecule has 1 heteroatoms. The summed E-state index contributed by atoms with van der Waals surface area (Å²) in [6, 6.07) is 11.1. The molecule has 1 aliphatic rings. The van der Waals surface area contributed by atoms with E-state index in [0.717, 1.165) is 11.3 Å². The maximum atomic E-state index is 2.42. The van der Waals surface area contributed by atoms with Crippen molar-refractivity contribution < 1.29 is 0 Å². The molecule has 0 radical (unpaired) electrons. The molecular formula is C12H17P. The standard InChI is InChI=1S/C12H17P/c1-10-8-9-11(2)13(10)12-6-4-3-5-7-12/h3-7,10-11H,8-9H2,1-2H3. The van der Waals surface area contributed by atoms with E-state index in [2.05, 4.69) is 44.2 Å². The number of hydrogen-bond donors (Lipinski definition) is 0. The highest BCUT2D eigenvalue weighted by molar-refractivity contribution is 7.67. The van der Waals surface area contributed by atoms with Gasteiger partial charge in [0, 0.05) is 0 Å². The van der Waals surface area contributed by atoms with Crippen molar-refractivity contribution in [1.82, 2.24) is 0 Å². The van der Waals surface area contributed by atoms with Crippen LogP contribution in [-0.4, -0.2) is 11.3 Å². The van der Waals surface area contributed by atoms with Crippen molar-refractivity contribution in [2.75, 3.05) is 0 Å². The largest absolute Gasteiger partial charge is 0.0695 e. The fourth-order valence-electron chi connectivity index (χ4n) is 2.30. The fourth-order valence-corrected chi connectivity index (χ4v) is 5.56. The quantitative estimate of drug-likeness (QED) is 0.598. The van der Waals surface area contributed by atoms with Crippen LogP contribution in [0.15, 0.2) is 30.3 Å². The van der Waals surface area contributed by atoms with Crippen molar-refractivity contribution in [2.45, 2.75) is 38.0 Å². The monoisotopic (exact) mass is 192 g/mol. The molecule has 2 atom stereocenters. The highest BCUT2D eigenvalue weighted by atomic mass is 31.1. The van der Waals surface area contributed by atoms with E-state index in [-0.39, 0.29) is 7.92 Å². The van der Waals surface area contributed by atoms with Gasteiger partial charge in [0.15, 0.2) is 0 Å². The van der Waals surface area contributed by atoms with Crippen LogP contribution < -0.4 is 5.30 Å². The van der Waals surface area contributed by atoms with Crippen LogP contribution in [0.1, 0.15) is 26.7 Å². The van der Waals surface area contributed by atoms with Crippen LogP contribution in [-0.2, 0) is 0 Å². The maximum Gasteiger partial charge on any atom is -0.0195 e. The summed E-state index contributed by atoms with van der Waals surface area (Å²) in [5, 5.41) is 1.61. The Labute approximate surface area is 82.1 Å². The van der Waals surface area contributed by atoms with Crippen molar-refractivity contribution in [1.29, 1.82) is 0 Å². The van der Waals surface area contributed by atoms with E-state index >= 15 is 0 Å². The summed E-state index contributed by atoms with van der Waals surface area (Å²) in [7, 11) is 0.137. The van der Waals surface area contributed by atoms with Crippen LogP contribution >= 0.6 is 7.92 Å². The molecule has 0 aliphatic carbocycles. The van der Waals surface area contributed by atoms with Crippen LogP contribution in [0.5, 0.6) is 0 Å². The van der Waals surface area contributed by atoms with Gasteiger partial charge in [-0.2, -0.15) is 0 Å². The molecule has 0 spiro atoms. The van der Waals surface area contributed by atoms with Crippen LogP contribution in [0.2, 0.25) is 0 Å². The second-order valence-corrected chi connectivity index (χ2v) is 7.11. The average Bonchev–Trinajstić information content (AvgIpc) is 2.48. The minimum atomic E-state index is 0.137. The summed E-state index contributed by atoms with van der Waals surface area (Å²) in [6.07, 6.45) is 2.86. The van der Waals surface area contributed by atoms with Gasteiger partial charge in [-0.15, -0.1) is 0 Å². The summed E-state index contributed by atoms with van der Waals surface area (Å²) in [5.74, 6) is 0. The summed E-state index contributed by atoms with van der Waals surface area (Å²) >= 11 is 0. The summed E-state index contributed by atoms with van der Waals surface area (Å²) in [5.41, 5.74) is 1.87. The summed E-state index contributed by atoms with van der Waals surface area (Å²) in [6.45, 7) is 4.84. The lowest BCUT2D eigenvalue weighted by Crippen LogP contribution is -2.10. The molecular weight excluding hydrogens is 175 g/mol. The third kappa shape index (κ3) is 1.79. The molecule has 0 bridgehead atoms. The molecule has 2 rings (SSSR count). The zero-order valence-corrected chi connectivity index (χ0v) is 9.30. The van der Waals surface area contributed by atoms with E-state index in [1.165, 1.54) is 12.8 Å². The van der Waals surface area contributed by atoms with Crippen molar-refractivity contribution in [3.63, 3.8) is 0 Å². The van der Waals surface area contributed by atoms with Crippen LogP contribution in [0.4, 0.5) is 0 Å². The highest BCUT2D eigenvalue weighted by Crippen LogP contribution is 2.54. The molecule has 1 fully saturated rings. The van der Waals surface area contributed by atoms with Gasteiger partial charge < -0.3 is 0 Å². The zero-order chi connectivity index (χ0) is 9.26. The predicted octanol–water partition coefficient (Wildman–Crippen LogP) is 3.36. The molecule has 1 saturated heterocycles. The van der Waals surface area contributed by atoms with E-state index in [1.54, 1.807) is 5.30 Å². The Balaban J connectivity index is 2.25. The van der Waals surface area contributed by atoms with E-state index in [4.69, 9.17) is 0 Å². The van der Waals surface area contributed by atoms with Gasteiger partial charge in [-0.05, 0) is 29.5 Å². The lowest BCUT2D eigenvalue weighted by molar-refractivity contribution is 0.777. The minimum Gasteiger partial charge on any atom is -0.0695 e. The van der Waals surface area contributed by atoms with Gasteiger partial charge in [-0.25, -0.2) is 0 Å². The third-order valence-electron chi connectivity index (χ3n) is 3.01. The first kappa shape index (κ1) is 9.21. The number of benzene rings is 1. The molecule has 0 amide bonds. The Morgan fingerprint density at radius 1 is 1.00 bits per heavy atom. The molecule has 1 heterocycles. The van der Waals surface area contributed by atoms with E-state index in [0.29, 0.717) is 0 Å². The molecule has 0 aromatic heterocycles. The lowest BCUT2D eigenvalue weighted by atomic mass is 10.2. The predicted molar refractivity (Wildman–Crippen MR) is 61.2 cm³/mol. The Morgan fingerprint density at radius 3 is 2.08 bits per heavy atom. The van der Waals surface area contributed by atoms with Crippen LogP contribution in [0, 0.1) is 0 Å². The molecule has 1 aromatic rings. The van der Waals surface area contributed by atoms with Crippen molar-refractivity contribution in [3.05, 3.63) is 30.3 Å². The van der Waals surface area contributed by atoms with Crippen LogP contribution in [0.3, 0.4) is 0 Å². The Morgan fingerprint density at radius 2 is 1.54 bits per heavy atom. The highest BCUT2D eigenvalue weighted by Gasteiger charge is 2.30. The molecule has 13 heavy (non-hydrogen) atoms. The molecule has 0 saturated carbocycles. The molecule has 1 aromatic carbocycles. The molecule has 2 unspecified atom stereocenters. The first-order valence-electron chi connectivity index (χ1n) is 5.12. The maximum absolute atomic E-state index is 2.42. The number of rotatable bonds is 1. The first-order valence-corrected chi connectivity index (χ1v) is 6.60. The zero-order valence-electron chi connectivity index (χ0n) is 8.40. The van der Waals surface area contributed by atoms with E-state index in [1.807, 2.05) is 0 Å². The van der Waals surface area contributed by atoms with Crippen molar-refractivity contribution in [3.8, 4) is 0 Å². The van der Waals surface area contributed by atoms with Gasteiger partial charge in [-0.3, -0.25) is 0 Å². The Hall–Kier alpha value is -0.350. The topological polar surface area (TPSA) is 0 Å². The lowest BCUT2D eigenvalue weighted by Gasteiger charge is -2.20. The SMILES string of the molecule is CC1CCC(C)P1c1ccccc1. The van der Waals surface area contributed by atoms with Gasteiger partial charge >= 0.3 is 0 Å². The van der Waals surface area contributed by atoms with E-state index in [9.17, 15) is 0 Å². The molecule has 0 N–H and O–H groups in total. The average molecular weight is 192 g/mol. The minimum absolute atomic E-state index is 0.137. The molecule has 70 valence electrons. The second-order valence-electron chi connectivity index (χ2n) is 4.02. The van der Waals surface area contributed by atoms with Crippen LogP contribution in [0.25, 0.3) is 0 Å². The van der Waals surface area contributed by atoms with Crippen molar-refractivity contribution in [2.24, 2.45) is 0 Å².